The smallest absolute Gasteiger partial charge is 0.304 e. The van der Waals surface area contributed by atoms with Gasteiger partial charge in [-0.3, -0.25) is 9.48 Å². The van der Waals surface area contributed by atoms with E-state index in [1.54, 1.807) is 6.20 Å². The van der Waals surface area contributed by atoms with Gasteiger partial charge in [-0.1, -0.05) is 11.3 Å². The lowest BCUT2D eigenvalue weighted by molar-refractivity contribution is 0.621. The SMILES string of the molecule is Cn1nccc1CNCc1csc(=O)[nH]1. The fourth-order valence-electron chi connectivity index (χ4n) is 1.30. The minimum absolute atomic E-state index is 0.00710. The average molecular weight is 224 g/mol. The van der Waals surface area contributed by atoms with Crippen molar-refractivity contribution in [3.05, 3.63) is 38.7 Å². The third kappa shape index (κ3) is 2.54. The molecule has 0 bridgehead atoms. The third-order valence-corrected chi connectivity index (χ3v) is 2.83. The molecule has 2 aromatic rings. The van der Waals surface area contributed by atoms with E-state index in [2.05, 4.69) is 15.4 Å². The van der Waals surface area contributed by atoms with Crippen LogP contribution in [0.3, 0.4) is 0 Å². The summed E-state index contributed by atoms with van der Waals surface area (Å²) >= 11 is 1.19. The molecule has 6 heteroatoms. The van der Waals surface area contributed by atoms with Crippen LogP contribution in [0.2, 0.25) is 0 Å². The number of hydrogen-bond donors (Lipinski definition) is 2. The number of aryl methyl sites for hydroxylation is 1. The predicted octanol–water partition coefficient (Wildman–Crippen LogP) is 0.460. The molecule has 0 spiro atoms. The van der Waals surface area contributed by atoms with Crippen molar-refractivity contribution in [1.82, 2.24) is 20.1 Å². The van der Waals surface area contributed by atoms with Crippen LogP contribution in [-0.2, 0) is 20.1 Å². The third-order valence-electron chi connectivity index (χ3n) is 2.11. The highest BCUT2D eigenvalue weighted by molar-refractivity contribution is 7.07. The summed E-state index contributed by atoms with van der Waals surface area (Å²) in [4.78, 5) is 13.6. The normalized spacial score (nSPS) is 10.7. The van der Waals surface area contributed by atoms with Crippen molar-refractivity contribution in [2.45, 2.75) is 13.1 Å². The molecular formula is C9H12N4OS. The molecule has 5 nitrogen and oxygen atoms in total. The second kappa shape index (κ2) is 4.41. The second-order valence-electron chi connectivity index (χ2n) is 3.22. The fourth-order valence-corrected chi connectivity index (χ4v) is 1.88. The molecule has 2 aromatic heterocycles. The predicted molar refractivity (Wildman–Crippen MR) is 58.7 cm³/mol. The number of nitrogens with one attached hydrogen (secondary N) is 2. The van der Waals surface area contributed by atoms with Gasteiger partial charge in [0.25, 0.3) is 0 Å². The van der Waals surface area contributed by atoms with Crippen LogP contribution in [0.4, 0.5) is 0 Å². The number of hydrogen-bond acceptors (Lipinski definition) is 4. The molecule has 2 N–H and O–H groups in total. The molecule has 0 aromatic carbocycles. The summed E-state index contributed by atoms with van der Waals surface area (Å²) in [6, 6.07) is 1.96. The Bertz CT molecular complexity index is 484. The maximum Gasteiger partial charge on any atom is 0.304 e. The minimum atomic E-state index is -0.00710. The van der Waals surface area contributed by atoms with E-state index in [0.717, 1.165) is 17.9 Å². The zero-order chi connectivity index (χ0) is 10.7. The van der Waals surface area contributed by atoms with Gasteiger partial charge in [0, 0.05) is 37.4 Å². The van der Waals surface area contributed by atoms with Gasteiger partial charge in [0.15, 0.2) is 0 Å². The number of nitrogens with zero attached hydrogens (tertiary/aromatic N) is 2. The fraction of sp³-hybridized carbons (Fsp3) is 0.333. The van der Waals surface area contributed by atoms with Crippen molar-refractivity contribution in [3.8, 4) is 0 Å². The van der Waals surface area contributed by atoms with Gasteiger partial charge in [0.2, 0.25) is 0 Å². The van der Waals surface area contributed by atoms with E-state index >= 15 is 0 Å². The second-order valence-corrected chi connectivity index (χ2v) is 4.07. The Kier molecular flexibility index (Phi) is 2.98. The van der Waals surface area contributed by atoms with Crippen molar-refractivity contribution in [3.63, 3.8) is 0 Å². The minimum Gasteiger partial charge on any atom is -0.315 e. The van der Waals surface area contributed by atoms with Gasteiger partial charge in [-0.15, -0.1) is 0 Å². The Morgan fingerprint density at radius 1 is 1.60 bits per heavy atom. The largest absolute Gasteiger partial charge is 0.315 e. The molecule has 80 valence electrons. The first kappa shape index (κ1) is 10.1. The molecule has 0 saturated carbocycles. The lowest BCUT2D eigenvalue weighted by atomic mass is 10.4. The van der Waals surface area contributed by atoms with E-state index in [9.17, 15) is 4.79 Å². The summed E-state index contributed by atoms with van der Waals surface area (Å²) in [7, 11) is 1.91. The van der Waals surface area contributed by atoms with Crippen molar-refractivity contribution in [2.24, 2.45) is 7.05 Å². The molecule has 0 unspecified atom stereocenters. The monoisotopic (exact) mass is 224 g/mol. The zero-order valence-corrected chi connectivity index (χ0v) is 9.17. The molecule has 2 heterocycles. The van der Waals surface area contributed by atoms with Crippen molar-refractivity contribution >= 4 is 11.3 Å². The van der Waals surface area contributed by atoms with Gasteiger partial charge in [0.05, 0.1) is 5.69 Å². The lowest BCUT2D eigenvalue weighted by Gasteiger charge is -2.03. The number of aromatic nitrogens is 3. The van der Waals surface area contributed by atoms with E-state index in [4.69, 9.17) is 0 Å². The number of rotatable bonds is 4. The highest BCUT2D eigenvalue weighted by atomic mass is 32.1. The van der Waals surface area contributed by atoms with Gasteiger partial charge in [-0.25, -0.2) is 0 Å². The topological polar surface area (TPSA) is 62.7 Å². The van der Waals surface area contributed by atoms with Crippen molar-refractivity contribution in [2.75, 3.05) is 0 Å². The number of H-pyrrole nitrogens is 1. The summed E-state index contributed by atoms with van der Waals surface area (Å²) in [5.74, 6) is 0. The van der Waals surface area contributed by atoms with E-state index in [1.807, 2.05) is 23.2 Å². The van der Waals surface area contributed by atoms with Crippen LogP contribution in [-0.4, -0.2) is 14.8 Å². The molecule has 0 fully saturated rings. The molecule has 0 amide bonds. The molecule has 0 aliphatic carbocycles. The molecular weight excluding hydrogens is 212 g/mol. The van der Waals surface area contributed by atoms with E-state index < -0.39 is 0 Å². The Morgan fingerprint density at radius 2 is 2.47 bits per heavy atom. The number of thiazole rings is 1. The van der Waals surface area contributed by atoms with Gasteiger partial charge in [-0.05, 0) is 6.07 Å². The van der Waals surface area contributed by atoms with Gasteiger partial charge in [-0.2, -0.15) is 5.10 Å². The Morgan fingerprint density at radius 3 is 3.07 bits per heavy atom. The van der Waals surface area contributed by atoms with Crippen LogP contribution < -0.4 is 10.2 Å². The van der Waals surface area contributed by atoms with Gasteiger partial charge >= 0.3 is 4.87 Å². The summed E-state index contributed by atoms with van der Waals surface area (Å²) in [5, 5.41) is 9.13. The molecule has 2 rings (SSSR count). The molecule has 0 atom stereocenters. The van der Waals surface area contributed by atoms with Crippen LogP contribution in [0, 0.1) is 0 Å². The summed E-state index contributed by atoms with van der Waals surface area (Å²) in [6.07, 6.45) is 1.77. The maximum atomic E-state index is 10.9. The molecule has 0 aliphatic heterocycles. The maximum absolute atomic E-state index is 10.9. The Labute approximate surface area is 90.8 Å². The average Bonchev–Trinajstić information content (AvgIpc) is 2.77. The standard InChI is InChI=1S/C9H12N4OS/c1-13-8(2-3-11-13)5-10-4-7-6-15-9(14)12-7/h2-3,6,10H,4-5H2,1H3,(H,12,14). The van der Waals surface area contributed by atoms with Crippen LogP contribution in [0.25, 0.3) is 0 Å². The highest BCUT2D eigenvalue weighted by Gasteiger charge is 1.99. The zero-order valence-electron chi connectivity index (χ0n) is 8.36. The summed E-state index contributed by atoms with van der Waals surface area (Å²) in [5.41, 5.74) is 2.04. The van der Waals surface area contributed by atoms with E-state index in [-0.39, 0.29) is 4.87 Å². The molecule has 15 heavy (non-hydrogen) atoms. The first-order chi connectivity index (χ1) is 7.25. The Hall–Kier alpha value is -1.40. The summed E-state index contributed by atoms with van der Waals surface area (Å²) < 4.78 is 1.82. The first-order valence-corrected chi connectivity index (χ1v) is 5.48. The van der Waals surface area contributed by atoms with E-state index in [0.29, 0.717) is 6.54 Å². The van der Waals surface area contributed by atoms with Crippen LogP contribution in [0.15, 0.2) is 22.4 Å². The van der Waals surface area contributed by atoms with Crippen LogP contribution >= 0.6 is 11.3 Å². The molecule has 0 aliphatic rings. The Balaban J connectivity index is 1.85. The van der Waals surface area contributed by atoms with Crippen molar-refractivity contribution < 1.29 is 0 Å². The van der Waals surface area contributed by atoms with Gasteiger partial charge < -0.3 is 10.3 Å². The molecule has 0 saturated heterocycles. The van der Waals surface area contributed by atoms with Crippen molar-refractivity contribution in [1.29, 1.82) is 0 Å². The van der Waals surface area contributed by atoms with Crippen LogP contribution in [0.5, 0.6) is 0 Å². The molecule has 0 radical (unpaired) electrons. The lowest BCUT2D eigenvalue weighted by Crippen LogP contribution is -2.16. The highest BCUT2D eigenvalue weighted by Crippen LogP contribution is 1.98. The summed E-state index contributed by atoms with van der Waals surface area (Å²) in [6.45, 7) is 1.41. The van der Waals surface area contributed by atoms with Gasteiger partial charge in [0.1, 0.15) is 0 Å². The van der Waals surface area contributed by atoms with Crippen LogP contribution in [0.1, 0.15) is 11.4 Å². The number of aromatic amines is 1. The quantitative estimate of drug-likeness (QED) is 0.793. The van der Waals surface area contributed by atoms with E-state index in [1.165, 1.54) is 11.3 Å². The first-order valence-electron chi connectivity index (χ1n) is 4.60.